The Hall–Kier alpha value is -2.44. The van der Waals surface area contributed by atoms with Gasteiger partial charge in [0.1, 0.15) is 5.52 Å². The predicted molar refractivity (Wildman–Crippen MR) is 81.4 cm³/mol. The van der Waals surface area contributed by atoms with Crippen molar-refractivity contribution in [2.45, 2.75) is 39.8 Å². The van der Waals surface area contributed by atoms with Crippen LogP contribution in [0.25, 0.3) is 11.0 Å². The molecule has 0 bridgehead atoms. The molecule has 1 aromatic carbocycles. The lowest BCUT2D eigenvalue weighted by atomic mass is 10.2. The first kappa shape index (κ1) is 15.9. The fraction of sp³-hybridized carbons (Fsp3) is 0.467. The monoisotopic (exact) mass is 304 g/mol. The summed E-state index contributed by atoms with van der Waals surface area (Å²) in [6, 6.07) is 5.23. The Morgan fingerprint density at radius 1 is 1.36 bits per heavy atom. The van der Waals surface area contributed by atoms with Crippen molar-refractivity contribution in [3.63, 3.8) is 0 Å². The standard InChI is InChI=1S/C15H20N4O3/c1-4-19-13-6-5-11(9-12(13)17-18-19)15(21)16-8-7-14(20)22-10(2)3/h5-6,9-10H,4,7-8H2,1-3H3,(H,16,21). The van der Waals surface area contributed by atoms with Crippen LogP contribution in [0.15, 0.2) is 18.2 Å². The highest BCUT2D eigenvalue weighted by Gasteiger charge is 2.11. The van der Waals surface area contributed by atoms with E-state index in [0.717, 1.165) is 12.1 Å². The number of rotatable bonds is 6. The van der Waals surface area contributed by atoms with E-state index in [4.69, 9.17) is 4.74 Å². The summed E-state index contributed by atoms with van der Waals surface area (Å²) in [4.78, 5) is 23.4. The topological polar surface area (TPSA) is 86.1 Å². The van der Waals surface area contributed by atoms with E-state index in [2.05, 4.69) is 15.6 Å². The summed E-state index contributed by atoms with van der Waals surface area (Å²) < 4.78 is 6.76. The van der Waals surface area contributed by atoms with E-state index < -0.39 is 0 Å². The molecule has 2 aromatic rings. The molecule has 0 spiro atoms. The van der Waals surface area contributed by atoms with Gasteiger partial charge in [-0.25, -0.2) is 4.68 Å². The summed E-state index contributed by atoms with van der Waals surface area (Å²) in [6.45, 7) is 6.51. The van der Waals surface area contributed by atoms with Crippen molar-refractivity contribution in [2.75, 3.05) is 6.54 Å². The second-order valence-electron chi connectivity index (χ2n) is 5.15. The highest BCUT2D eigenvalue weighted by Crippen LogP contribution is 2.13. The molecule has 2 rings (SSSR count). The van der Waals surface area contributed by atoms with E-state index in [-0.39, 0.29) is 30.9 Å². The van der Waals surface area contributed by atoms with Gasteiger partial charge in [0.05, 0.1) is 18.0 Å². The Morgan fingerprint density at radius 2 is 2.14 bits per heavy atom. The van der Waals surface area contributed by atoms with Gasteiger partial charge < -0.3 is 10.1 Å². The first-order valence-corrected chi connectivity index (χ1v) is 7.32. The molecular weight excluding hydrogens is 284 g/mol. The number of hydrogen-bond acceptors (Lipinski definition) is 5. The molecule has 0 aliphatic rings. The fourth-order valence-corrected chi connectivity index (χ4v) is 2.05. The quantitative estimate of drug-likeness (QED) is 0.818. The second kappa shape index (κ2) is 7.02. The summed E-state index contributed by atoms with van der Waals surface area (Å²) in [5, 5.41) is 10.7. The molecule has 0 unspecified atom stereocenters. The molecule has 0 atom stereocenters. The number of nitrogens with zero attached hydrogens (tertiary/aromatic N) is 3. The first-order chi connectivity index (χ1) is 10.5. The van der Waals surface area contributed by atoms with Gasteiger partial charge in [-0.3, -0.25) is 9.59 Å². The van der Waals surface area contributed by atoms with E-state index in [1.165, 1.54) is 0 Å². The summed E-state index contributed by atoms with van der Waals surface area (Å²) in [5.41, 5.74) is 2.06. The number of aromatic nitrogens is 3. The lowest BCUT2D eigenvalue weighted by Crippen LogP contribution is -2.27. The van der Waals surface area contributed by atoms with Crippen molar-refractivity contribution in [2.24, 2.45) is 0 Å². The minimum atomic E-state index is -0.323. The minimum Gasteiger partial charge on any atom is -0.463 e. The number of amides is 1. The zero-order valence-electron chi connectivity index (χ0n) is 13.0. The maximum atomic E-state index is 12.1. The number of carbonyl (C=O) groups is 2. The summed E-state index contributed by atoms with van der Waals surface area (Å²) >= 11 is 0. The van der Waals surface area contributed by atoms with Crippen molar-refractivity contribution in [1.29, 1.82) is 0 Å². The summed E-state index contributed by atoms with van der Waals surface area (Å²) in [5.74, 6) is -0.568. The van der Waals surface area contributed by atoms with Crippen LogP contribution in [0, 0.1) is 0 Å². The van der Waals surface area contributed by atoms with Gasteiger partial charge in [-0.1, -0.05) is 5.21 Å². The zero-order valence-corrected chi connectivity index (χ0v) is 13.0. The largest absolute Gasteiger partial charge is 0.463 e. The fourth-order valence-electron chi connectivity index (χ4n) is 2.05. The molecule has 1 heterocycles. The van der Waals surface area contributed by atoms with Crippen LogP contribution >= 0.6 is 0 Å². The SMILES string of the molecule is CCn1nnc2cc(C(=O)NCCC(=O)OC(C)C)ccc21. The van der Waals surface area contributed by atoms with E-state index in [1.807, 2.05) is 13.0 Å². The number of esters is 1. The number of ether oxygens (including phenoxy) is 1. The summed E-state index contributed by atoms with van der Waals surface area (Å²) in [6.07, 6.45) is 0.00448. The third-order valence-electron chi connectivity index (χ3n) is 3.06. The molecule has 0 fully saturated rings. The van der Waals surface area contributed by atoms with E-state index >= 15 is 0 Å². The molecule has 0 radical (unpaired) electrons. The third kappa shape index (κ3) is 3.81. The number of aryl methyl sites for hydroxylation is 1. The van der Waals surface area contributed by atoms with Crippen molar-refractivity contribution in [3.05, 3.63) is 23.8 Å². The van der Waals surface area contributed by atoms with Gasteiger partial charge in [0.25, 0.3) is 5.91 Å². The highest BCUT2D eigenvalue weighted by molar-refractivity contribution is 5.97. The second-order valence-corrected chi connectivity index (χ2v) is 5.15. The molecule has 118 valence electrons. The Balaban J connectivity index is 1.94. The van der Waals surface area contributed by atoms with Crippen LogP contribution < -0.4 is 5.32 Å². The number of nitrogens with one attached hydrogen (secondary N) is 1. The van der Waals surface area contributed by atoms with Gasteiger partial charge in [-0.15, -0.1) is 5.10 Å². The van der Waals surface area contributed by atoms with Crippen molar-refractivity contribution >= 4 is 22.9 Å². The average molecular weight is 304 g/mol. The van der Waals surface area contributed by atoms with E-state index in [9.17, 15) is 9.59 Å². The summed E-state index contributed by atoms with van der Waals surface area (Å²) in [7, 11) is 0. The van der Waals surface area contributed by atoms with Crippen LogP contribution in [0.2, 0.25) is 0 Å². The molecule has 1 N–H and O–H groups in total. The molecule has 0 saturated carbocycles. The lowest BCUT2D eigenvalue weighted by molar-refractivity contribution is -0.147. The maximum absolute atomic E-state index is 12.1. The number of hydrogen-bond donors (Lipinski definition) is 1. The molecule has 1 amide bonds. The molecule has 0 aliphatic heterocycles. The number of fused-ring (bicyclic) bond motifs is 1. The first-order valence-electron chi connectivity index (χ1n) is 7.32. The van der Waals surface area contributed by atoms with Crippen LogP contribution in [0.4, 0.5) is 0 Å². The van der Waals surface area contributed by atoms with Gasteiger partial charge in [-0.05, 0) is 39.0 Å². The van der Waals surface area contributed by atoms with Gasteiger partial charge in [-0.2, -0.15) is 0 Å². The van der Waals surface area contributed by atoms with Crippen LogP contribution in [0.5, 0.6) is 0 Å². The smallest absolute Gasteiger partial charge is 0.307 e. The molecule has 7 heteroatoms. The number of carbonyl (C=O) groups excluding carboxylic acids is 2. The van der Waals surface area contributed by atoms with Crippen LogP contribution in [0.3, 0.4) is 0 Å². The van der Waals surface area contributed by atoms with Gasteiger partial charge in [0.15, 0.2) is 0 Å². The minimum absolute atomic E-state index is 0.146. The van der Waals surface area contributed by atoms with Crippen LogP contribution in [-0.4, -0.2) is 39.5 Å². The van der Waals surface area contributed by atoms with Crippen molar-refractivity contribution in [3.8, 4) is 0 Å². The predicted octanol–water partition coefficient (Wildman–Crippen LogP) is 1.52. The normalized spacial score (nSPS) is 10.9. The Morgan fingerprint density at radius 3 is 2.82 bits per heavy atom. The van der Waals surface area contributed by atoms with Gasteiger partial charge in [0.2, 0.25) is 0 Å². The molecular formula is C15H20N4O3. The van der Waals surface area contributed by atoms with Crippen molar-refractivity contribution in [1.82, 2.24) is 20.3 Å². The van der Waals surface area contributed by atoms with E-state index in [1.54, 1.807) is 30.7 Å². The number of benzene rings is 1. The lowest BCUT2D eigenvalue weighted by Gasteiger charge is -2.08. The Labute approximate surface area is 128 Å². The molecule has 0 aliphatic carbocycles. The third-order valence-corrected chi connectivity index (χ3v) is 3.06. The van der Waals surface area contributed by atoms with Gasteiger partial charge in [0, 0.05) is 18.7 Å². The van der Waals surface area contributed by atoms with E-state index in [0.29, 0.717) is 11.1 Å². The molecule has 1 aromatic heterocycles. The Kier molecular flexibility index (Phi) is 5.08. The van der Waals surface area contributed by atoms with Crippen LogP contribution in [0.1, 0.15) is 37.6 Å². The molecule has 7 nitrogen and oxygen atoms in total. The zero-order chi connectivity index (χ0) is 16.1. The highest BCUT2D eigenvalue weighted by atomic mass is 16.5. The van der Waals surface area contributed by atoms with Crippen LogP contribution in [-0.2, 0) is 16.1 Å². The molecule has 0 saturated heterocycles. The van der Waals surface area contributed by atoms with Crippen molar-refractivity contribution < 1.29 is 14.3 Å². The average Bonchev–Trinajstić information content (AvgIpc) is 2.88. The van der Waals surface area contributed by atoms with Gasteiger partial charge >= 0.3 is 5.97 Å². The molecule has 22 heavy (non-hydrogen) atoms. The maximum Gasteiger partial charge on any atom is 0.307 e. The Bertz CT molecular complexity index is 678.